The minimum absolute atomic E-state index is 0.310. The van der Waals surface area contributed by atoms with Crippen LogP contribution in [0.15, 0.2) is 0 Å². The Morgan fingerprint density at radius 3 is 2.53 bits per heavy atom. The summed E-state index contributed by atoms with van der Waals surface area (Å²) >= 11 is 0. The van der Waals surface area contributed by atoms with Gasteiger partial charge in [0.25, 0.3) is 0 Å². The van der Waals surface area contributed by atoms with Crippen molar-refractivity contribution in [1.29, 1.82) is 0 Å². The van der Waals surface area contributed by atoms with E-state index in [1.807, 2.05) is 6.92 Å². The van der Waals surface area contributed by atoms with E-state index in [1.165, 1.54) is 0 Å². The third kappa shape index (κ3) is 5.02. The van der Waals surface area contributed by atoms with Crippen molar-refractivity contribution in [2.45, 2.75) is 38.8 Å². The molecule has 3 N–H and O–H groups in total. The second-order valence-corrected chi connectivity index (χ2v) is 4.63. The predicted octanol–water partition coefficient (Wildman–Crippen LogP) is 0.197. The van der Waals surface area contributed by atoms with E-state index in [1.54, 1.807) is 14.2 Å². The van der Waals surface area contributed by atoms with E-state index < -0.39 is 5.54 Å². The second kappa shape index (κ2) is 7.63. The smallest absolute Gasteiger partial charge is 0.237 e. The third-order valence-corrected chi connectivity index (χ3v) is 3.43. The first-order valence-corrected chi connectivity index (χ1v) is 6.13. The van der Waals surface area contributed by atoms with Gasteiger partial charge in [0.2, 0.25) is 5.91 Å². The molecule has 0 radical (unpaired) electrons. The summed E-state index contributed by atoms with van der Waals surface area (Å²) in [5.74, 6) is -0.310. The maximum absolute atomic E-state index is 11.4. The van der Waals surface area contributed by atoms with Crippen LogP contribution in [-0.4, -0.2) is 56.2 Å². The van der Waals surface area contributed by atoms with Crippen LogP contribution in [0.5, 0.6) is 0 Å². The van der Waals surface area contributed by atoms with Gasteiger partial charge in [-0.25, -0.2) is 0 Å². The average molecular weight is 245 g/mol. The fourth-order valence-corrected chi connectivity index (χ4v) is 1.78. The highest BCUT2D eigenvalue weighted by atomic mass is 16.5. The van der Waals surface area contributed by atoms with Crippen LogP contribution in [0.1, 0.15) is 27.2 Å². The zero-order chi connectivity index (χ0) is 13.5. The van der Waals surface area contributed by atoms with E-state index >= 15 is 0 Å². The summed E-state index contributed by atoms with van der Waals surface area (Å²) in [5, 5.41) is 3.00. The lowest BCUT2D eigenvalue weighted by Crippen LogP contribution is -2.53. The number of carbonyl (C=O) groups excluding carboxylic acids is 1. The lowest BCUT2D eigenvalue weighted by Gasteiger charge is -2.32. The number of nitrogens with zero attached hydrogens (tertiary/aromatic N) is 1. The number of amides is 1. The maximum atomic E-state index is 11.4. The van der Waals surface area contributed by atoms with E-state index in [-0.39, 0.29) is 5.91 Å². The van der Waals surface area contributed by atoms with Crippen LogP contribution >= 0.6 is 0 Å². The monoisotopic (exact) mass is 245 g/mol. The number of hydrogen-bond donors (Lipinski definition) is 2. The highest BCUT2D eigenvalue weighted by molar-refractivity contribution is 5.84. The topological polar surface area (TPSA) is 67.6 Å². The second-order valence-electron chi connectivity index (χ2n) is 4.63. The molecule has 0 aliphatic heterocycles. The molecular weight excluding hydrogens is 218 g/mol. The van der Waals surface area contributed by atoms with Gasteiger partial charge in [-0.2, -0.15) is 0 Å². The van der Waals surface area contributed by atoms with Crippen molar-refractivity contribution in [3.63, 3.8) is 0 Å². The summed E-state index contributed by atoms with van der Waals surface area (Å²) in [7, 11) is 3.46. The number of hydrogen-bond acceptors (Lipinski definition) is 4. The molecule has 1 amide bonds. The number of likely N-dealkylation sites (N-methyl/N-ethyl adjacent to an activating group) is 2. The van der Waals surface area contributed by atoms with Crippen molar-refractivity contribution in [2.24, 2.45) is 5.73 Å². The van der Waals surface area contributed by atoms with Crippen LogP contribution in [0, 0.1) is 0 Å². The minimum Gasteiger partial charge on any atom is -0.383 e. The highest BCUT2D eigenvalue weighted by Gasteiger charge is 2.29. The Labute approximate surface area is 105 Å². The Morgan fingerprint density at radius 1 is 1.59 bits per heavy atom. The molecule has 0 bridgehead atoms. The normalized spacial score (nSPS) is 16.8. The minimum atomic E-state index is -0.639. The SMILES string of the molecule is CCN(CCC(C)(NC)C(N)=O)C(C)COC. The van der Waals surface area contributed by atoms with E-state index in [2.05, 4.69) is 24.1 Å². The summed E-state index contributed by atoms with van der Waals surface area (Å²) < 4.78 is 5.14. The maximum Gasteiger partial charge on any atom is 0.237 e. The summed E-state index contributed by atoms with van der Waals surface area (Å²) in [6, 6.07) is 0.346. The number of ether oxygens (including phenoxy) is 1. The fraction of sp³-hybridized carbons (Fsp3) is 0.917. The summed E-state index contributed by atoms with van der Waals surface area (Å²) in [6.45, 7) is 8.51. The van der Waals surface area contributed by atoms with E-state index in [9.17, 15) is 4.79 Å². The molecule has 17 heavy (non-hydrogen) atoms. The zero-order valence-electron chi connectivity index (χ0n) is 11.7. The first-order valence-electron chi connectivity index (χ1n) is 6.13. The zero-order valence-corrected chi connectivity index (χ0v) is 11.7. The van der Waals surface area contributed by atoms with Gasteiger partial charge < -0.3 is 15.8 Å². The van der Waals surface area contributed by atoms with Crippen molar-refractivity contribution in [2.75, 3.05) is 33.9 Å². The largest absolute Gasteiger partial charge is 0.383 e. The van der Waals surface area contributed by atoms with Gasteiger partial charge in [-0.1, -0.05) is 6.92 Å². The molecule has 0 aliphatic carbocycles. The van der Waals surface area contributed by atoms with Gasteiger partial charge in [0.1, 0.15) is 0 Å². The number of primary amides is 1. The quantitative estimate of drug-likeness (QED) is 0.609. The van der Waals surface area contributed by atoms with Gasteiger partial charge in [-0.05, 0) is 33.9 Å². The van der Waals surface area contributed by atoms with Gasteiger partial charge >= 0.3 is 0 Å². The Bertz CT molecular complexity index is 236. The van der Waals surface area contributed by atoms with Crippen LogP contribution in [0.25, 0.3) is 0 Å². The summed E-state index contributed by atoms with van der Waals surface area (Å²) in [6.07, 6.45) is 0.695. The average Bonchev–Trinajstić information content (AvgIpc) is 2.29. The molecule has 0 fully saturated rings. The van der Waals surface area contributed by atoms with Crippen LogP contribution in [0.4, 0.5) is 0 Å². The Hall–Kier alpha value is -0.650. The number of nitrogens with two attached hydrogens (primary N) is 1. The van der Waals surface area contributed by atoms with Gasteiger partial charge in [-0.3, -0.25) is 9.69 Å². The lowest BCUT2D eigenvalue weighted by molar-refractivity contribution is -0.124. The predicted molar refractivity (Wildman–Crippen MR) is 69.9 cm³/mol. The molecule has 0 aliphatic rings. The standard InChI is InChI=1S/C12H27N3O2/c1-6-15(10(2)9-17-5)8-7-12(3,14-4)11(13)16/h10,14H,6-9H2,1-5H3,(H2,13,16). The molecule has 5 nitrogen and oxygen atoms in total. The lowest BCUT2D eigenvalue weighted by atomic mass is 9.96. The molecule has 0 spiro atoms. The van der Waals surface area contributed by atoms with Crippen LogP contribution in [-0.2, 0) is 9.53 Å². The number of carbonyl (C=O) groups is 1. The molecule has 2 unspecified atom stereocenters. The van der Waals surface area contributed by atoms with Gasteiger partial charge in [0, 0.05) is 19.7 Å². The van der Waals surface area contributed by atoms with Crippen molar-refractivity contribution < 1.29 is 9.53 Å². The van der Waals surface area contributed by atoms with Gasteiger partial charge in [0.15, 0.2) is 0 Å². The number of methoxy groups -OCH3 is 1. The number of nitrogens with one attached hydrogen (secondary N) is 1. The molecule has 0 saturated carbocycles. The number of rotatable bonds is 9. The summed E-state index contributed by atoms with van der Waals surface area (Å²) in [4.78, 5) is 13.6. The van der Waals surface area contributed by atoms with Gasteiger partial charge in [-0.15, -0.1) is 0 Å². The Kier molecular flexibility index (Phi) is 7.34. The molecule has 0 rings (SSSR count). The molecule has 5 heteroatoms. The fourth-order valence-electron chi connectivity index (χ4n) is 1.78. The van der Waals surface area contributed by atoms with Crippen molar-refractivity contribution >= 4 is 5.91 Å². The highest BCUT2D eigenvalue weighted by Crippen LogP contribution is 2.11. The molecule has 0 aromatic heterocycles. The van der Waals surface area contributed by atoms with Crippen molar-refractivity contribution in [3.8, 4) is 0 Å². The Balaban J connectivity index is 4.35. The Morgan fingerprint density at radius 2 is 2.18 bits per heavy atom. The van der Waals surface area contributed by atoms with Crippen LogP contribution < -0.4 is 11.1 Å². The van der Waals surface area contributed by atoms with E-state index in [0.717, 1.165) is 13.1 Å². The molecule has 0 heterocycles. The molecule has 0 aromatic rings. The first kappa shape index (κ1) is 16.4. The van der Waals surface area contributed by atoms with E-state index in [0.29, 0.717) is 19.1 Å². The van der Waals surface area contributed by atoms with Crippen LogP contribution in [0.3, 0.4) is 0 Å². The van der Waals surface area contributed by atoms with Crippen molar-refractivity contribution in [3.05, 3.63) is 0 Å². The van der Waals surface area contributed by atoms with Gasteiger partial charge in [0.05, 0.1) is 12.1 Å². The third-order valence-electron chi connectivity index (χ3n) is 3.43. The van der Waals surface area contributed by atoms with Crippen LogP contribution in [0.2, 0.25) is 0 Å². The molecule has 2 atom stereocenters. The first-order chi connectivity index (χ1) is 7.91. The molecule has 0 saturated heterocycles. The molecule has 102 valence electrons. The van der Waals surface area contributed by atoms with E-state index in [4.69, 9.17) is 10.5 Å². The van der Waals surface area contributed by atoms with Crippen molar-refractivity contribution in [1.82, 2.24) is 10.2 Å². The summed E-state index contributed by atoms with van der Waals surface area (Å²) in [5.41, 5.74) is 4.76. The molecular formula is C12H27N3O2. The molecule has 0 aromatic carbocycles.